The summed E-state index contributed by atoms with van der Waals surface area (Å²) in [5.41, 5.74) is 2.10. The first kappa shape index (κ1) is 20.2. The van der Waals surface area contributed by atoms with Crippen LogP contribution in [0.25, 0.3) is 11.6 Å². The molecule has 0 radical (unpaired) electrons. The van der Waals surface area contributed by atoms with Gasteiger partial charge in [0.05, 0.1) is 21.0 Å². The zero-order chi connectivity index (χ0) is 20.8. The molecule has 0 heterocycles. The smallest absolute Gasteiger partial charge is 0.269 e. The van der Waals surface area contributed by atoms with Crippen molar-refractivity contribution in [2.75, 3.05) is 0 Å². The Morgan fingerprint density at radius 2 is 1.90 bits per heavy atom. The fourth-order valence-corrected chi connectivity index (χ4v) is 3.12. The summed E-state index contributed by atoms with van der Waals surface area (Å²) in [7, 11) is 0. The van der Waals surface area contributed by atoms with Gasteiger partial charge in [-0.2, -0.15) is 5.26 Å². The molecule has 3 aromatic carbocycles. The van der Waals surface area contributed by atoms with Gasteiger partial charge in [-0.3, -0.25) is 10.1 Å². The number of rotatable bonds is 6. The fourth-order valence-electron chi connectivity index (χ4n) is 2.60. The van der Waals surface area contributed by atoms with E-state index in [0.29, 0.717) is 26.9 Å². The third-order valence-corrected chi connectivity index (χ3v) is 4.74. The van der Waals surface area contributed by atoms with Crippen molar-refractivity contribution in [2.45, 2.75) is 6.61 Å². The number of nitro groups is 1. The monoisotopic (exact) mass is 452 g/mol. The maximum absolute atomic E-state index is 13.7. The van der Waals surface area contributed by atoms with Crippen LogP contribution in [-0.4, -0.2) is 4.92 Å². The molecular formula is C22H14BrFN2O3. The number of nitriles is 1. The third kappa shape index (κ3) is 5.06. The molecule has 0 fully saturated rings. The van der Waals surface area contributed by atoms with E-state index in [9.17, 15) is 19.8 Å². The lowest BCUT2D eigenvalue weighted by Gasteiger charge is -2.10. The number of halogens is 2. The van der Waals surface area contributed by atoms with Crippen molar-refractivity contribution >= 4 is 33.3 Å². The first-order valence-corrected chi connectivity index (χ1v) is 9.29. The van der Waals surface area contributed by atoms with Crippen molar-refractivity contribution in [3.05, 3.63) is 104 Å². The molecule has 0 aliphatic rings. The van der Waals surface area contributed by atoms with E-state index < -0.39 is 4.92 Å². The number of ether oxygens (including phenoxy) is 1. The highest BCUT2D eigenvalue weighted by molar-refractivity contribution is 9.10. The minimum atomic E-state index is -0.489. The van der Waals surface area contributed by atoms with Crippen molar-refractivity contribution in [3.63, 3.8) is 0 Å². The maximum atomic E-state index is 13.7. The number of hydrogen-bond donors (Lipinski definition) is 0. The van der Waals surface area contributed by atoms with Gasteiger partial charge in [-0.25, -0.2) is 4.39 Å². The second-order valence-electron chi connectivity index (χ2n) is 6.04. The number of hydrogen-bond acceptors (Lipinski definition) is 4. The molecule has 0 N–H and O–H groups in total. The number of nitrogens with zero attached hydrogens (tertiary/aromatic N) is 2. The van der Waals surface area contributed by atoms with E-state index in [1.165, 1.54) is 30.3 Å². The lowest BCUT2D eigenvalue weighted by atomic mass is 10.0. The average Bonchev–Trinajstić information content (AvgIpc) is 2.72. The van der Waals surface area contributed by atoms with Gasteiger partial charge in [-0.15, -0.1) is 0 Å². The first-order valence-electron chi connectivity index (χ1n) is 8.50. The Bertz CT molecular complexity index is 1120. The molecule has 0 bridgehead atoms. The molecule has 0 saturated heterocycles. The van der Waals surface area contributed by atoms with Crippen LogP contribution in [0.3, 0.4) is 0 Å². The van der Waals surface area contributed by atoms with Gasteiger partial charge in [0.1, 0.15) is 18.2 Å². The van der Waals surface area contributed by atoms with Crippen molar-refractivity contribution in [1.29, 1.82) is 5.26 Å². The number of nitro benzene ring substituents is 1. The predicted molar refractivity (Wildman–Crippen MR) is 111 cm³/mol. The molecule has 0 amide bonds. The Morgan fingerprint density at radius 1 is 1.17 bits per heavy atom. The fraction of sp³-hybridized carbons (Fsp3) is 0.0455. The normalized spacial score (nSPS) is 11.0. The van der Waals surface area contributed by atoms with Crippen LogP contribution in [0.2, 0.25) is 0 Å². The second-order valence-corrected chi connectivity index (χ2v) is 6.90. The van der Waals surface area contributed by atoms with Crippen LogP contribution in [0.5, 0.6) is 5.75 Å². The Morgan fingerprint density at radius 3 is 2.52 bits per heavy atom. The van der Waals surface area contributed by atoms with Crippen molar-refractivity contribution in [3.8, 4) is 11.8 Å². The summed E-state index contributed by atoms with van der Waals surface area (Å²) in [6, 6.07) is 19.6. The predicted octanol–water partition coefficient (Wildman–Crippen LogP) is 6.14. The van der Waals surface area contributed by atoms with Gasteiger partial charge in [-0.05, 0) is 63.5 Å². The highest BCUT2D eigenvalue weighted by Gasteiger charge is 2.09. The average molecular weight is 453 g/mol. The van der Waals surface area contributed by atoms with Gasteiger partial charge in [-0.1, -0.05) is 24.3 Å². The lowest BCUT2D eigenvalue weighted by Crippen LogP contribution is -1.98. The van der Waals surface area contributed by atoms with E-state index in [1.807, 2.05) is 0 Å². The maximum Gasteiger partial charge on any atom is 0.269 e. The lowest BCUT2D eigenvalue weighted by molar-refractivity contribution is -0.384. The molecule has 0 spiro atoms. The zero-order valence-electron chi connectivity index (χ0n) is 15.0. The second kappa shape index (κ2) is 9.13. The number of benzene rings is 3. The third-order valence-electron chi connectivity index (χ3n) is 4.12. The van der Waals surface area contributed by atoms with Crippen LogP contribution in [-0.2, 0) is 6.61 Å². The Labute approximate surface area is 175 Å². The highest BCUT2D eigenvalue weighted by Crippen LogP contribution is 2.29. The van der Waals surface area contributed by atoms with Gasteiger partial charge in [0.2, 0.25) is 0 Å². The molecule has 0 saturated carbocycles. The summed E-state index contributed by atoms with van der Waals surface area (Å²) < 4.78 is 20.0. The van der Waals surface area contributed by atoms with Crippen LogP contribution < -0.4 is 4.74 Å². The van der Waals surface area contributed by atoms with Crippen LogP contribution in [0.15, 0.2) is 71.2 Å². The molecule has 5 nitrogen and oxygen atoms in total. The standard InChI is InChI=1S/C22H14BrFN2O3/c23-20-12-15(5-10-22(20)29-14-17-3-1-2-4-21(17)24)11-18(13-25)16-6-8-19(9-7-16)26(27)28/h1-12H,14H2. The molecule has 0 aliphatic carbocycles. The summed E-state index contributed by atoms with van der Waals surface area (Å²) in [4.78, 5) is 10.3. The molecule has 29 heavy (non-hydrogen) atoms. The number of non-ortho nitro benzene ring substituents is 1. The minimum absolute atomic E-state index is 0.0369. The van der Waals surface area contributed by atoms with E-state index in [2.05, 4.69) is 22.0 Å². The summed E-state index contributed by atoms with van der Waals surface area (Å²) >= 11 is 3.43. The van der Waals surface area contributed by atoms with E-state index >= 15 is 0 Å². The van der Waals surface area contributed by atoms with Crippen molar-refractivity contribution in [2.24, 2.45) is 0 Å². The minimum Gasteiger partial charge on any atom is -0.488 e. The summed E-state index contributed by atoms with van der Waals surface area (Å²) in [5.74, 6) is 0.212. The Hall–Kier alpha value is -3.50. The van der Waals surface area contributed by atoms with Gasteiger partial charge in [0.15, 0.2) is 0 Å². The molecule has 0 unspecified atom stereocenters. The quantitative estimate of drug-likeness (QED) is 0.195. The van der Waals surface area contributed by atoms with E-state index in [4.69, 9.17) is 4.74 Å². The van der Waals surface area contributed by atoms with Gasteiger partial charge in [0, 0.05) is 17.7 Å². The SMILES string of the molecule is N#CC(=Cc1ccc(OCc2ccccc2F)c(Br)c1)c1ccc([N+](=O)[O-])cc1. The molecule has 0 aromatic heterocycles. The van der Waals surface area contributed by atoms with Crippen LogP contribution >= 0.6 is 15.9 Å². The molecule has 3 aromatic rings. The Kier molecular flexibility index (Phi) is 6.37. The molecule has 0 aliphatic heterocycles. The van der Waals surface area contributed by atoms with Crippen LogP contribution in [0.4, 0.5) is 10.1 Å². The Balaban J connectivity index is 1.78. The van der Waals surface area contributed by atoms with Crippen LogP contribution in [0.1, 0.15) is 16.7 Å². The van der Waals surface area contributed by atoms with Crippen molar-refractivity contribution < 1.29 is 14.1 Å². The summed E-state index contributed by atoms with van der Waals surface area (Å²) in [5, 5.41) is 20.2. The van der Waals surface area contributed by atoms with Gasteiger partial charge < -0.3 is 4.74 Å². The number of allylic oxidation sites excluding steroid dienone is 1. The van der Waals surface area contributed by atoms with E-state index in [0.717, 1.165) is 5.56 Å². The molecule has 7 heteroatoms. The molecule has 0 atom stereocenters. The molecule has 3 rings (SSSR count). The van der Waals surface area contributed by atoms with Gasteiger partial charge >= 0.3 is 0 Å². The zero-order valence-corrected chi connectivity index (χ0v) is 16.6. The largest absolute Gasteiger partial charge is 0.488 e. The topological polar surface area (TPSA) is 76.2 Å². The van der Waals surface area contributed by atoms with Crippen LogP contribution in [0, 0.1) is 27.3 Å². The van der Waals surface area contributed by atoms with E-state index in [-0.39, 0.29) is 18.1 Å². The van der Waals surface area contributed by atoms with Crippen molar-refractivity contribution in [1.82, 2.24) is 0 Å². The summed E-state index contributed by atoms with van der Waals surface area (Å²) in [6.07, 6.45) is 1.67. The molecular weight excluding hydrogens is 439 g/mol. The van der Waals surface area contributed by atoms with E-state index in [1.54, 1.807) is 42.5 Å². The molecule has 144 valence electrons. The van der Waals surface area contributed by atoms with Gasteiger partial charge in [0.25, 0.3) is 5.69 Å². The first-order chi connectivity index (χ1) is 14.0. The summed E-state index contributed by atoms with van der Waals surface area (Å²) in [6.45, 7) is 0.0900. The highest BCUT2D eigenvalue weighted by atomic mass is 79.9.